The van der Waals surface area contributed by atoms with Crippen molar-refractivity contribution in [3.05, 3.63) is 71.4 Å². The first-order valence-corrected chi connectivity index (χ1v) is 11.9. The van der Waals surface area contributed by atoms with E-state index in [0.717, 1.165) is 72.0 Å². The molecule has 0 radical (unpaired) electrons. The molecule has 2 aromatic carbocycles. The Balaban J connectivity index is 1.25. The van der Waals surface area contributed by atoms with Gasteiger partial charge in [-0.05, 0) is 63.5 Å². The molecule has 1 aromatic heterocycles. The third-order valence-corrected chi connectivity index (χ3v) is 6.99. The molecule has 0 unspecified atom stereocenters. The van der Waals surface area contributed by atoms with Crippen LogP contribution in [-0.4, -0.2) is 28.7 Å². The number of para-hydroxylation sites is 1. The predicted molar refractivity (Wildman–Crippen MR) is 128 cm³/mol. The summed E-state index contributed by atoms with van der Waals surface area (Å²) in [5.74, 6) is 0.383. The summed E-state index contributed by atoms with van der Waals surface area (Å²) in [5.41, 5.74) is 4.91. The predicted octanol–water partition coefficient (Wildman–Crippen LogP) is 5.74. The van der Waals surface area contributed by atoms with E-state index >= 15 is 0 Å². The van der Waals surface area contributed by atoms with E-state index in [1.165, 1.54) is 6.42 Å². The number of oxime groups is 1. The van der Waals surface area contributed by atoms with Crippen molar-refractivity contribution in [3.8, 4) is 0 Å². The van der Waals surface area contributed by atoms with Gasteiger partial charge in [0.25, 0.3) is 5.91 Å². The minimum absolute atomic E-state index is 0.0219. The van der Waals surface area contributed by atoms with E-state index in [-0.39, 0.29) is 18.1 Å². The molecular weight excluding hydrogens is 398 g/mol. The number of aromatic nitrogens is 1. The van der Waals surface area contributed by atoms with Gasteiger partial charge in [0, 0.05) is 28.6 Å². The molecule has 166 valence electrons. The number of rotatable bonds is 6. The van der Waals surface area contributed by atoms with Crippen molar-refractivity contribution in [1.82, 2.24) is 10.3 Å². The Kier molecular flexibility index (Phi) is 5.97. The number of benzene rings is 2. The van der Waals surface area contributed by atoms with Crippen LogP contribution in [0.5, 0.6) is 0 Å². The van der Waals surface area contributed by atoms with Gasteiger partial charge in [-0.3, -0.25) is 4.79 Å². The number of nitrogens with one attached hydrogen (secondary N) is 2. The summed E-state index contributed by atoms with van der Waals surface area (Å²) in [7, 11) is 0. The first-order chi connectivity index (χ1) is 15.7. The smallest absolute Gasteiger partial charge is 0.253 e. The number of carbonyl (C=O) groups excluding carboxylic acids is 1. The Morgan fingerprint density at radius 2 is 1.69 bits per heavy atom. The molecule has 0 atom stereocenters. The number of hydrogen-bond donors (Lipinski definition) is 2. The van der Waals surface area contributed by atoms with Gasteiger partial charge in [-0.15, -0.1) is 0 Å². The van der Waals surface area contributed by atoms with Gasteiger partial charge in [-0.1, -0.05) is 53.7 Å². The molecule has 1 amide bonds. The van der Waals surface area contributed by atoms with Crippen LogP contribution in [0.1, 0.15) is 66.6 Å². The number of carbonyl (C=O) groups is 1. The molecule has 2 aliphatic rings. The van der Waals surface area contributed by atoms with Crippen molar-refractivity contribution in [2.75, 3.05) is 0 Å². The average Bonchev–Trinajstić information content (AvgIpc) is 3.12. The fourth-order valence-electron chi connectivity index (χ4n) is 4.92. The maximum atomic E-state index is 13.1. The first-order valence-electron chi connectivity index (χ1n) is 11.9. The van der Waals surface area contributed by atoms with E-state index in [2.05, 4.69) is 39.7 Å². The lowest BCUT2D eigenvalue weighted by molar-refractivity contribution is 0.00510. The molecule has 0 aliphatic heterocycles. The van der Waals surface area contributed by atoms with Crippen LogP contribution >= 0.6 is 0 Å². The number of fused-ring (bicyclic) bond motifs is 1. The van der Waals surface area contributed by atoms with Gasteiger partial charge in [-0.25, -0.2) is 0 Å². The first kappa shape index (κ1) is 20.8. The molecule has 32 heavy (non-hydrogen) atoms. The fraction of sp³-hybridized carbons (Fsp3) is 0.407. The third kappa shape index (κ3) is 4.29. The van der Waals surface area contributed by atoms with E-state index in [4.69, 9.17) is 4.84 Å². The Bertz CT molecular complexity index is 1110. The van der Waals surface area contributed by atoms with Crippen molar-refractivity contribution in [3.63, 3.8) is 0 Å². The van der Waals surface area contributed by atoms with E-state index in [0.29, 0.717) is 5.92 Å². The Morgan fingerprint density at radius 1 is 0.969 bits per heavy atom. The maximum Gasteiger partial charge on any atom is 0.253 e. The lowest BCUT2D eigenvalue weighted by Gasteiger charge is -2.30. The highest BCUT2D eigenvalue weighted by Crippen LogP contribution is 2.30. The van der Waals surface area contributed by atoms with Crippen molar-refractivity contribution < 1.29 is 9.63 Å². The van der Waals surface area contributed by atoms with Gasteiger partial charge >= 0.3 is 0 Å². The van der Waals surface area contributed by atoms with Crippen LogP contribution in [0.25, 0.3) is 10.9 Å². The molecule has 2 saturated carbocycles. The molecule has 5 nitrogen and oxygen atoms in total. The summed E-state index contributed by atoms with van der Waals surface area (Å²) in [5, 5.41) is 8.92. The van der Waals surface area contributed by atoms with Gasteiger partial charge < -0.3 is 15.1 Å². The number of nitrogens with zero attached hydrogens (tertiary/aromatic N) is 1. The van der Waals surface area contributed by atoms with Crippen LogP contribution < -0.4 is 5.32 Å². The van der Waals surface area contributed by atoms with Crippen LogP contribution in [0.15, 0.2) is 59.8 Å². The Labute approximate surface area is 189 Å². The molecule has 2 aliphatic carbocycles. The lowest BCUT2D eigenvalue weighted by Crippen LogP contribution is -2.39. The molecule has 0 bridgehead atoms. The van der Waals surface area contributed by atoms with Crippen LogP contribution in [-0.2, 0) is 4.84 Å². The fourth-order valence-corrected chi connectivity index (χ4v) is 4.92. The van der Waals surface area contributed by atoms with E-state index in [1.807, 2.05) is 37.3 Å². The summed E-state index contributed by atoms with van der Waals surface area (Å²) in [6.07, 6.45) is 7.64. The number of aromatic amines is 1. The van der Waals surface area contributed by atoms with Gasteiger partial charge in [0.1, 0.15) is 6.10 Å². The summed E-state index contributed by atoms with van der Waals surface area (Å²) in [6.45, 7) is 1.97. The second-order valence-corrected chi connectivity index (χ2v) is 9.19. The SMILES string of the molecule is Cc1[nH]c2ccccc2c1C(=O)N[C@H]1CC[C@H](/C(=N/OC2CCC2)c2ccccc2)CC1. The van der Waals surface area contributed by atoms with Crippen molar-refractivity contribution in [2.45, 2.75) is 64.0 Å². The molecular formula is C27H31N3O2. The van der Waals surface area contributed by atoms with E-state index in [1.54, 1.807) is 0 Å². The Hall–Kier alpha value is -3.08. The quantitative estimate of drug-likeness (QED) is 0.388. The topological polar surface area (TPSA) is 66.5 Å². The van der Waals surface area contributed by atoms with Crippen molar-refractivity contribution >= 4 is 22.5 Å². The van der Waals surface area contributed by atoms with Gasteiger partial charge in [-0.2, -0.15) is 0 Å². The third-order valence-electron chi connectivity index (χ3n) is 6.99. The molecule has 1 heterocycles. The Morgan fingerprint density at radius 3 is 2.41 bits per heavy atom. The zero-order valence-electron chi connectivity index (χ0n) is 18.6. The van der Waals surface area contributed by atoms with Crippen molar-refractivity contribution in [2.24, 2.45) is 11.1 Å². The molecule has 5 rings (SSSR count). The summed E-state index contributed by atoms with van der Waals surface area (Å²) in [6, 6.07) is 18.6. The molecule has 0 saturated heterocycles. The molecule has 2 fully saturated rings. The molecule has 0 spiro atoms. The number of hydrogen-bond acceptors (Lipinski definition) is 3. The number of H-pyrrole nitrogens is 1. The minimum atomic E-state index is 0.0219. The minimum Gasteiger partial charge on any atom is -0.392 e. The number of amides is 1. The second kappa shape index (κ2) is 9.19. The normalized spacial score (nSPS) is 21.8. The molecule has 3 aromatic rings. The largest absolute Gasteiger partial charge is 0.392 e. The van der Waals surface area contributed by atoms with Crippen LogP contribution in [0.2, 0.25) is 0 Å². The highest BCUT2D eigenvalue weighted by molar-refractivity contribution is 6.08. The summed E-state index contributed by atoms with van der Waals surface area (Å²) in [4.78, 5) is 22.3. The van der Waals surface area contributed by atoms with Crippen LogP contribution in [0, 0.1) is 12.8 Å². The highest BCUT2D eigenvalue weighted by atomic mass is 16.6. The highest BCUT2D eigenvalue weighted by Gasteiger charge is 2.29. The standard InChI is InChI=1S/C27H31N3O2/c1-18-25(23-12-5-6-13-24(23)28-18)27(31)29-21-16-14-20(15-17-21)26(19-8-3-2-4-9-19)30-32-22-10-7-11-22/h2-6,8-9,12-13,20-22,28H,7,10-11,14-17H2,1H3,(H,29,31)/b30-26+/t20-,21-. The van der Waals surface area contributed by atoms with Crippen molar-refractivity contribution in [1.29, 1.82) is 0 Å². The molecule has 5 heteroatoms. The van der Waals surface area contributed by atoms with Gasteiger partial charge in [0.05, 0.1) is 11.3 Å². The number of aryl methyl sites for hydroxylation is 1. The zero-order valence-corrected chi connectivity index (χ0v) is 18.6. The van der Waals surface area contributed by atoms with Gasteiger partial charge in [0.2, 0.25) is 0 Å². The monoisotopic (exact) mass is 429 g/mol. The summed E-state index contributed by atoms with van der Waals surface area (Å²) < 4.78 is 0. The average molecular weight is 430 g/mol. The second-order valence-electron chi connectivity index (χ2n) is 9.19. The van der Waals surface area contributed by atoms with E-state index < -0.39 is 0 Å². The lowest BCUT2D eigenvalue weighted by atomic mass is 9.81. The maximum absolute atomic E-state index is 13.1. The zero-order chi connectivity index (χ0) is 21.9. The van der Waals surface area contributed by atoms with Gasteiger partial charge in [0.15, 0.2) is 0 Å². The van der Waals surface area contributed by atoms with Crippen LogP contribution in [0.4, 0.5) is 0 Å². The summed E-state index contributed by atoms with van der Waals surface area (Å²) >= 11 is 0. The van der Waals surface area contributed by atoms with E-state index in [9.17, 15) is 4.79 Å². The van der Waals surface area contributed by atoms with Crippen LogP contribution in [0.3, 0.4) is 0 Å². The molecule has 2 N–H and O–H groups in total.